The molecular formula is C57H36N4O2. The minimum Gasteiger partial charge on any atom is -0.456 e. The third-order valence-corrected chi connectivity index (χ3v) is 11.9. The zero-order valence-electron chi connectivity index (χ0n) is 33.9. The van der Waals surface area contributed by atoms with Gasteiger partial charge in [-0.25, -0.2) is 9.98 Å². The van der Waals surface area contributed by atoms with Gasteiger partial charge >= 0.3 is 0 Å². The minimum absolute atomic E-state index is 0.102. The molecule has 0 aliphatic heterocycles. The highest BCUT2D eigenvalue weighted by Crippen LogP contribution is 2.46. The van der Waals surface area contributed by atoms with E-state index in [1.807, 2.05) is 97.1 Å². The number of amidine groups is 2. The van der Waals surface area contributed by atoms with E-state index in [4.69, 9.17) is 18.8 Å². The quantitative estimate of drug-likeness (QED) is 0.134. The van der Waals surface area contributed by atoms with Gasteiger partial charge < -0.3 is 13.4 Å². The molecule has 0 radical (unpaired) electrons. The second-order valence-electron chi connectivity index (χ2n) is 15.7. The van der Waals surface area contributed by atoms with Crippen molar-refractivity contribution in [2.24, 2.45) is 9.98 Å². The van der Waals surface area contributed by atoms with Crippen LogP contribution in [0.25, 0.3) is 93.6 Å². The summed E-state index contributed by atoms with van der Waals surface area (Å²) < 4.78 is 15.6. The fourth-order valence-corrected chi connectivity index (χ4v) is 9.03. The summed E-state index contributed by atoms with van der Waals surface area (Å²) >= 11 is 0. The van der Waals surface area contributed by atoms with E-state index in [0.29, 0.717) is 11.4 Å². The maximum absolute atomic E-state index is 9.66. The average Bonchev–Trinajstić information content (AvgIpc) is 4.01. The topological polar surface area (TPSA) is 79.8 Å². The van der Waals surface area contributed by atoms with Gasteiger partial charge in [0.15, 0.2) is 11.7 Å². The summed E-state index contributed by atoms with van der Waals surface area (Å²) in [5, 5.41) is 16.0. The molecule has 0 amide bonds. The molecule has 12 rings (SSSR count). The second-order valence-corrected chi connectivity index (χ2v) is 15.7. The number of hydrogen-bond donors (Lipinski definition) is 1. The van der Waals surface area contributed by atoms with Crippen molar-refractivity contribution in [3.8, 4) is 27.9 Å². The lowest BCUT2D eigenvalue weighted by Crippen LogP contribution is -2.07. The van der Waals surface area contributed by atoms with Crippen molar-refractivity contribution in [1.82, 2.24) is 4.57 Å². The lowest BCUT2D eigenvalue weighted by molar-refractivity contribution is 0.658. The molecule has 0 fully saturated rings. The Kier molecular flexibility index (Phi) is 8.54. The summed E-state index contributed by atoms with van der Waals surface area (Å²) in [4.78, 5) is 9.81. The molecule has 0 aliphatic carbocycles. The molecule has 0 spiro atoms. The monoisotopic (exact) mass is 808 g/mol. The van der Waals surface area contributed by atoms with Gasteiger partial charge in [0.25, 0.3) is 0 Å². The van der Waals surface area contributed by atoms with Crippen molar-refractivity contribution in [3.63, 3.8) is 0 Å². The molecule has 0 saturated carbocycles. The number of para-hydroxylation sites is 2. The van der Waals surface area contributed by atoms with Crippen molar-refractivity contribution >= 4 is 83.6 Å². The molecule has 0 aliphatic rings. The molecule has 63 heavy (non-hydrogen) atoms. The van der Waals surface area contributed by atoms with E-state index in [0.717, 1.165) is 105 Å². The molecule has 9 aromatic carbocycles. The van der Waals surface area contributed by atoms with Crippen LogP contribution in [0.2, 0.25) is 0 Å². The van der Waals surface area contributed by atoms with Crippen LogP contribution in [-0.4, -0.2) is 22.5 Å². The molecular weight excluding hydrogens is 773 g/mol. The molecule has 0 saturated heterocycles. The Hall–Kier alpha value is -8.61. The number of fused-ring (bicyclic) bond motifs is 10. The Labute approximate surface area is 361 Å². The summed E-state index contributed by atoms with van der Waals surface area (Å²) in [6.07, 6.45) is 1.80. The van der Waals surface area contributed by atoms with Crippen LogP contribution < -0.4 is 0 Å². The third kappa shape index (κ3) is 6.15. The van der Waals surface area contributed by atoms with Crippen LogP contribution in [0.15, 0.2) is 225 Å². The highest BCUT2D eigenvalue weighted by Gasteiger charge is 2.25. The molecule has 6 nitrogen and oxygen atoms in total. The Balaban J connectivity index is 1.12. The predicted molar refractivity (Wildman–Crippen MR) is 260 cm³/mol. The molecule has 1 N–H and O–H groups in total. The largest absolute Gasteiger partial charge is 0.456 e. The van der Waals surface area contributed by atoms with Crippen LogP contribution in [0.1, 0.15) is 16.7 Å². The Morgan fingerprint density at radius 2 is 1.05 bits per heavy atom. The zero-order chi connectivity index (χ0) is 41.9. The molecule has 0 bridgehead atoms. The zero-order valence-corrected chi connectivity index (χ0v) is 33.9. The summed E-state index contributed by atoms with van der Waals surface area (Å²) in [5.74, 6) is 0.555. The number of rotatable bonds is 6. The number of benzene rings is 9. The van der Waals surface area contributed by atoms with Crippen LogP contribution in [0, 0.1) is 5.41 Å². The maximum Gasteiger partial charge on any atom is 0.161 e. The summed E-state index contributed by atoms with van der Waals surface area (Å²) in [6.45, 7) is 0. The van der Waals surface area contributed by atoms with Crippen molar-refractivity contribution in [2.75, 3.05) is 0 Å². The highest BCUT2D eigenvalue weighted by atomic mass is 16.3. The number of nitrogens with zero attached hydrogens (tertiary/aromatic N) is 3. The van der Waals surface area contributed by atoms with Crippen molar-refractivity contribution in [2.45, 2.75) is 0 Å². The van der Waals surface area contributed by atoms with Crippen LogP contribution in [0.5, 0.6) is 0 Å². The molecule has 3 heterocycles. The van der Waals surface area contributed by atoms with Gasteiger partial charge in [-0.2, -0.15) is 0 Å². The van der Waals surface area contributed by atoms with E-state index < -0.39 is 0 Å². The van der Waals surface area contributed by atoms with Gasteiger partial charge in [0, 0.05) is 61.5 Å². The van der Waals surface area contributed by atoms with E-state index in [2.05, 4.69) is 114 Å². The second kappa shape index (κ2) is 14.8. The first-order chi connectivity index (χ1) is 31.2. The van der Waals surface area contributed by atoms with E-state index in [1.54, 1.807) is 6.21 Å². The van der Waals surface area contributed by atoms with Crippen LogP contribution in [0.4, 0.5) is 0 Å². The van der Waals surface area contributed by atoms with Gasteiger partial charge in [-0.05, 0) is 59.2 Å². The van der Waals surface area contributed by atoms with Crippen molar-refractivity contribution in [1.29, 1.82) is 5.41 Å². The number of aromatic nitrogens is 1. The molecule has 0 unspecified atom stereocenters. The number of hydrogen-bond acceptors (Lipinski definition) is 3. The molecule has 6 heteroatoms. The fourth-order valence-electron chi connectivity index (χ4n) is 9.03. The van der Waals surface area contributed by atoms with E-state index in [-0.39, 0.29) is 5.84 Å². The van der Waals surface area contributed by atoms with E-state index >= 15 is 0 Å². The first-order valence-corrected chi connectivity index (χ1v) is 21.0. The SMILES string of the molecule is N=C(N=C(N=Cc1ccccc1)c1ccccc1)c1cc(-c2ccccc2)c(-n2c3ccccc3c3c4oc5cc6oc7ccccc7c6cc5c4ccc32)c(-c2ccccc2)c1. The lowest BCUT2D eigenvalue weighted by Gasteiger charge is -2.21. The molecule has 296 valence electrons. The van der Waals surface area contributed by atoms with Gasteiger partial charge in [0.1, 0.15) is 22.3 Å². The maximum atomic E-state index is 9.66. The van der Waals surface area contributed by atoms with Crippen molar-refractivity contribution in [3.05, 3.63) is 223 Å². The normalized spacial score (nSPS) is 12.2. The van der Waals surface area contributed by atoms with Gasteiger partial charge in [0.2, 0.25) is 0 Å². The smallest absolute Gasteiger partial charge is 0.161 e. The lowest BCUT2D eigenvalue weighted by atomic mass is 9.92. The average molecular weight is 809 g/mol. The van der Waals surface area contributed by atoms with Gasteiger partial charge in [-0.1, -0.05) is 158 Å². The van der Waals surface area contributed by atoms with Gasteiger partial charge in [-0.3, -0.25) is 5.41 Å². The van der Waals surface area contributed by atoms with Crippen LogP contribution >= 0.6 is 0 Å². The highest BCUT2D eigenvalue weighted by molar-refractivity contribution is 6.26. The van der Waals surface area contributed by atoms with Gasteiger partial charge in [0.05, 0.1) is 22.1 Å². The van der Waals surface area contributed by atoms with Crippen LogP contribution in [0.3, 0.4) is 0 Å². The van der Waals surface area contributed by atoms with E-state index in [1.165, 1.54) is 0 Å². The van der Waals surface area contributed by atoms with E-state index in [9.17, 15) is 5.41 Å². The molecule has 3 aromatic heterocycles. The standard InChI is InChI=1S/C57H36N4O2/c58-56(60-57(39-23-11-4-12-24-39)59-35-36-17-5-1-6-18-36)40-31-44(37-19-7-2-8-20-37)54(45(32-40)38-21-9-3-10-22-38)61-48-27-15-13-26-43(48)53-49(61)30-29-42-47-33-46-41-25-14-16-28-50(41)62-51(46)34-52(47)63-55(42)53/h1-35,58H. The minimum atomic E-state index is 0.102. The number of aliphatic imine (C=N–C) groups is 2. The van der Waals surface area contributed by atoms with Crippen molar-refractivity contribution < 1.29 is 8.83 Å². The predicted octanol–water partition coefficient (Wildman–Crippen LogP) is 14.8. The Morgan fingerprint density at radius 1 is 0.460 bits per heavy atom. The van der Waals surface area contributed by atoms with Gasteiger partial charge in [-0.15, -0.1) is 0 Å². The number of nitrogens with one attached hydrogen (secondary N) is 1. The number of furan rings is 2. The third-order valence-electron chi connectivity index (χ3n) is 11.9. The molecule has 0 atom stereocenters. The summed E-state index contributed by atoms with van der Waals surface area (Å²) in [6, 6.07) is 70.2. The summed E-state index contributed by atoms with van der Waals surface area (Å²) in [5.41, 5.74) is 12.7. The first-order valence-electron chi connectivity index (χ1n) is 21.0. The fraction of sp³-hybridized carbons (Fsp3) is 0. The first kappa shape index (κ1) is 36.3. The summed E-state index contributed by atoms with van der Waals surface area (Å²) in [7, 11) is 0. The van der Waals surface area contributed by atoms with Crippen LogP contribution in [-0.2, 0) is 0 Å². The Bertz CT molecular complexity index is 3720. The molecule has 12 aromatic rings. The Morgan fingerprint density at radius 3 is 1.76 bits per heavy atom.